The number of nitrogens with zero attached hydrogens (tertiary/aromatic N) is 1. The molecule has 14 heteroatoms. The van der Waals surface area contributed by atoms with Crippen LogP contribution in [0.1, 0.15) is 128 Å². The van der Waals surface area contributed by atoms with Gasteiger partial charge in [0.15, 0.2) is 12.3 Å². The highest BCUT2D eigenvalue weighted by Crippen LogP contribution is 2.31. The van der Waals surface area contributed by atoms with Crippen LogP contribution in [0, 0.1) is 5.82 Å². The summed E-state index contributed by atoms with van der Waals surface area (Å²) < 4.78 is 37.8. The van der Waals surface area contributed by atoms with Crippen LogP contribution in [0.5, 0.6) is 0 Å². The van der Waals surface area contributed by atoms with Crippen molar-refractivity contribution in [1.29, 1.82) is 0 Å². The predicted molar refractivity (Wildman–Crippen MR) is 191 cm³/mol. The number of hydrogen-bond acceptors (Lipinski definition) is 10. The number of benzene rings is 1. The Morgan fingerprint density at radius 3 is 2.04 bits per heavy atom. The van der Waals surface area contributed by atoms with Gasteiger partial charge in [-0.25, -0.2) is 9.59 Å². The molecule has 0 saturated carbocycles. The summed E-state index contributed by atoms with van der Waals surface area (Å²) in [5.74, 6) is -2.55. The number of ether oxygens (including phenoxy) is 4. The summed E-state index contributed by atoms with van der Waals surface area (Å²) in [6.45, 7) is 3.64. The van der Waals surface area contributed by atoms with Gasteiger partial charge in [0.2, 0.25) is 5.82 Å². The van der Waals surface area contributed by atoms with Crippen molar-refractivity contribution in [3.63, 3.8) is 0 Å². The van der Waals surface area contributed by atoms with E-state index in [4.69, 9.17) is 18.9 Å². The molecule has 0 bridgehead atoms. The lowest BCUT2D eigenvalue weighted by atomic mass is 9.95. The summed E-state index contributed by atoms with van der Waals surface area (Å²) in [4.78, 5) is 65.6. The van der Waals surface area contributed by atoms with Gasteiger partial charge in [0.05, 0.1) is 6.20 Å². The van der Waals surface area contributed by atoms with E-state index in [-0.39, 0.29) is 19.4 Å². The molecule has 1 aromatic carbocycles. The molecule has 52 heavy (non-hydrogen) atoms. The summed E-state index contributed by atoms with van der Waals surface area (Å²) in [5, 5.41) is 14.0. The Morgan fingerprint density at radius 2 is 1.42 bits per heavy atom. The Kier molecular flexibility index (Phi) is 19.2. The zero-order valence-corrected chi connectivity index (χ0v) is 30.5. The molecular weight excluding hydrogens is 677 g/mol. The number of carbonyl (C=O) groups is 3. The maximum absolute atomic E-state index is 14.6. The minimum absolute atomic E-state index is 0.0129. The summed E-state index contributed by atoms with van der Waals surface area (Å²) >= 11 is 0. The van der Waals surface area contributed by atoms with Gasteiger partial charge in [-0.05, 0) is 18.4 Å². The average Bonchev–Trinajstić information content (AvgIpc) is 3.13. The molecule has 0 spiro atoms. The molecule has 1 saturated heterocycles. The first-order chi connectivity index (χ1) is 25.1. The van der Waals surface area contributed by atoms with Crippen molar-refractivity contribution in [3.05, 3.63) is 68.7 Å². The van der Waals surface area contributed by atoms with Gasteiger partial charge in [-0.1, -0.05) is 121 Å². The van der Waals surface area contributed by atoms with Gasteiger partial charge < -0.3 is 29.4 Å². The molecule has 1 aliphatic heterocycles. The summed E-state index contributed by atoms with van der Waals surface area (Å²) in [5.41, 5.74) is -1.71. The fourth-order valence-electron chi connectivity index (χ4n) is 6.06. The quantitative estimate of drug-likeness (QED) is 0.0702. The van der Waals surface area contributed by atoms with Crippen LogP contribution < -0.4 is 16.6 Å². The van der Waals surface area contributed by atoms with Crippen molar-refractivity contribution in [2.24, 2.45) is 0 Å². The first-order valence-corrected chi connectivity index (χ1v) is 18.8. The zero-order valence-electron chi connectivity index (χ0n) is 30.5. The number of halogens is 1. The number of amides is 1. The lowest BCUT2D eigenvalue weighted by molar-refractivity contribution is -0.230. The highest BCUT2D eigenvalue weighted by Gasteiger charge is 2.50. The second-order valence-electron chi connectivity index (χ2n) is 13.3. The van der Waals surface area contributed by atoms with Gasteiger partial charge in [0, 0.05) is 12.8 Å². The van der Waals surface area contributed by atoms with Crippen molar-refractivity contribution in [3.8, 4) is 0 Å². The molecule has 1 fully saturated rings. The number of aliphatic hydroxyl groups excluding tert-OH is 1. The van der Waals surface area contributed by atoms with Gasteiger partial charge in [0.1, 0.15) is 31.5 Å². The molecule has 1 aliphatic rings. The fraction of sp³-hybridized carbons (Fsp3) is 0.658. The summed E-state index contributed by atoms with van der Waals surface area (Å²) in [7, 11) is 0. The lowest BCUT2D eigenvalue weighted by Gasteiger charge is -2.44. The Hall–Kier alpha value is -4.04. The van der Waals surface area contributed by atoms with Crippen molar-refractivity contribution in [2.75, 3.05) is 6.61 Å². The smallest absolute Gasteiger partial charge is 0.407 e. The van der Waals surface area contributed by atoms with E-state index in [1.165, 1.54) is 6.42 Å². The van der Waals surface area contributed by atoms with Crippen LogP contribution in [-0.4, -0.2) is 63.7 Å². The molecular formula is C38H56FN3O10. The Balaban J connectivity index is 1.80. The molecule has 5 atom stereocenters. The van der Waals surface area contributed by atoms with Crippen molar-refractivity contribution < 1.29 is 42.8 Å². The number of esters is 2. The number of alkyl carbamates (subject to hydrolysis) is 1. The van der Waals surface area contributed by atoms with E-state index < -0.39 is 72.3 Å². The van der Waals surface area contributed by atoms with E-state index in [1.54, 1.807) is 30.3 Å². The molecule has 3 rings (SSSR count). The molecule has 3 N–H and O–H groups in total. The Morgan fingerprint density at radius 1 is 0.846 bits per heavy atom. The highest BCUT2D eigenvalue weighted by molar-refractivity contribution is 5.70. The number of aliphatic hydroxyl groups is 1. The Bertz CT molecular complexity index is 1480. The molecule has 290 valence electrons. The number of H-pyrrole nitrogens is 1. The first-order valence-electron chi connectivity index (χ1n) is 18.8. The van der Waals surface area contributed by atoms with E-state index in [0.717, 1.165) is 70.6 Å². The number of aromatic nitrogens is 2. The van der Waals surface area contributed by atoms with Crippen LogP contribution >= 0.6 is 0 Å². The van der Waals surface area contributed by atoms with Crippen molar-refractivity contribution in [1.82, 2.24) is 14.9 Å². The van der Waals surface area contributed by atoms with E-state index in [9.17, 15) is 33.5 Å². The van der Waals surface area contributed by atoms with E-state index in [1.807, 2.05) is 4.98 Å². The number of nitrogens with one attached hydrogen (secondary N) is 2. The third-order valence-corrected chi connectivity index (χ3v) is 9.03. The van der Waals surface area contributed by atoms with Crippen LogP contribution in [-0.2, 0) is 35.1 Å². The number of aromatic amines is 1. The van der Waals surface area contributed by atoms with Gasteiger partial charge in [-0.2, -0.15) is 4.39 Å². The minimum atomic E-state index is -1.66. The minimum Gasteiger partial charge on any atom is -0.463 e. The maximum Gasteiger partial charge on any atom is 0.407 e. The number of rotatable bonds is 23. The predicted octanol–water partition coefficient (Wildman–Crippen LogP) is 5.97. The molecule has 2 aromatic rings. The molecule has 5 unspecified atom stereocenters. The number of carbonyl (C=O) groups excluding carboxylic acids is 3. The summed E-state index contributed by atoms with van der Waals surface area (Å²) in [6.07, 6.45) is 7.17. The second kappa shape index (κ2) is 23.5. The number of hydrogen-bond donors (Lipinski definition) is 3. The first kappa shape index (κ1) is 42.4. The van der Waals surface area contributed by atoms with Crippen molar-refractivity contribution in [2.45, 2.75) is 154 Å². The molecule has 0 radical (unpaired) electrons. The third kappa shape index (κ3) is 14.5. The van der Waals surface area contributed by atoms with Crippen molar-refractivity contribution >= 4 is 18.0 Å². The molecule has 1 amide bonds. The monoisotopic (exact) mass is 733 g/mol. The second-order valence-corrected chi connectivity index (χ2v) is 13.3. The Labute approximate surface area is 304 Å². The van der Waals surface area contributed by atoms with Crippen LogP contribution in [0.15, 0.2) is 46.1 Å². The SMILES string of the molecule is CCCCCCCCCC(=O)OCC1OC(n2cc(F)c(=O)[nH]c2=O)C(NC(=O)OCc2ccccc2)C(OC(=O)CCCCCCCCC)C1O. The highest BCUT2D eigenvalue weighted by atomic mass is 19.1. The third-order valence-electron chi connectivity index (χ3n) is 9.03. The molecule has 1 aromatic heterocycles. The molecule has 2 heterocycles. The fourth-order valence-corrected chi connectivity index (χ4v) is 6.06. The normalized spacial score (nSPS) is 19.9. The van der Waals surface area contributed by atoms with Crippen LogP contribution in [0.2, 0.25) is 0 Å². The van der Waals surface area contributed by atoms with Crippen LogP contribution in [0.25, 0.3) is 0 Å². The van der Waals surface area contributed by atoms with Crippen LogP contribution in [0.4, 0.5) is 9.18 Å². The van der Waals surface area contributed by atoms with Gasteiger partial charge in [-0.3, -0.25) is 23.9 Å². The largest absolute Gasteiger partial charge is 0.463 e. The zero-order chi connectivity index (χ0) is 37.7. The standard InChI is InChI=1S/C38H56FN3O10/c1-3-5-7-9-11-13-18-22-30(43)49-26-29-33(45)34(52-31(44)23-19-14-12-10-8-6-4-2)32(40-38(48)50-25-27-20-16-15-17-21-27)36(51-29)42-24-28(39)35(46)41-37(42)47/h15-17,20-21,24,29,32-34,36,45H,3-14,18-19,22-23,25-26H2,1-2H3,(H,40,48)(H,41,46,47). The van der Waals surface area contributed by atoms with Gasteiger partial charge in [0.25, 0.3) is 5.56 Å². The van der Waals surface area contributed by atoms with E-state index in [0.29, 0.717) is 29.2 Å². The van der Waals surface area contributed by atoms with Gasteiger partial charge in [-0.15, -0.1) is 0 Å². The summed E-state index contributed by atoms with van der Waals surface area (Å²) in [6, 6.07) is 7.28. The van der Waals surface area contributed by atoms with E-state index >= 15 is 0 Å². The number of unbranched alkanes of at least 4 members (excludes halogenated alkanes) is 12. The van der Waals surface area contributed by atoms with Gasteiger partial charge >= 0.3 is 23.7 Å². The maximum atomic E-state index is 14.6. The van der Waals surface area contributed by atoms with E-state index in [2.05, 4.69) is 19.2 Å². The molecule has 0 aliphatic carbocycles. The van der Waals surface area contributed by atoms with Crippen LogP contribution in [0.3, 0.4) is 0 Å². The molecule has 13 nitrogen and oxygen atoms in total. The average molecular weight is 734 g/mol. The topological polar surface area (TPSA) is 175 Å². The lowest BCUT2D eigenvalue weighted by Crippen LogP contribution is -2.64.